The van der Waals surface area contributed by atoms with E-state index in [1.807, 2.05) is 12.1 Å². The molecule has 0 amide bonds. The van der Waals surface area contributed by atoms with E-state index in [9.17, 15) is 9.90 Å². The lowest BCUT2D eigenvalue weighted by atomic mass is 9.78. The van der Waals surface area contributed by atoms with Gasteiger partial charge in [-0.1, -0.05) is 25.0 Å². The van der Waals surface area contributed by atoms with E-state index in [0.29, 0.717) is 17.9 Å². The van der Waals surface area contributed by atoms with E-state index in [1.165, 1.54) is 18.4 Å². The molecule has 1 N–H and O–H groups in total. The smallest absolute Gasteiger partial charge is 0.331 e. The molecule has 3 heteroatoms. The molecule has 0 atom stereocenters. The Morgan fingerprint density at radius 1 is 1.25 bits per heavy atom. The van der Waals surface area contributed by atoms with Gasteiger partial charge in [0.05, 0.1) is 7.11 Å². The van der Waals surface area contributed by atoms with Gasteiger partial charge < -0.3 is 9.84 Å². The number of hydrogen-bond acceptors (Lipinski definition) is 2. The normalized spacial score (nSPS) is 19.1. The molecule has 2 aliphatic rings. The number of ether oxygens (including phenoxy) is 1. The van der Waals surface area contributed by atoms with Gasteiger partial charge in [-0.15, -0.1) is 0 Å². The van der Waals surface area contributed by atoms with Gasteiger partial charge in [-0.05, 0) is 48.8 Å². The Labute approximate surface area is 119 Å². The third-order valence-electron chi connectivity index (χ3n) is 4.61. The van der Waals surface area contributed by atoms with Crippen molar-refractivity contribution in [1.29, 1.82) is 0 Å². The van der Waals surface area contributed by atoms with Crippen LogP contribution in [0, 0.1) is 5.92 Å². The summed E-state index contributed by atoms with van der Waals surface area (Å²) in [6, 6.07) is 6.00. The van der Waals surface area contributed by atoms with Crippen LogP contribution in [0.4, 0.5) is 0 Å². The Morgan fingerprint density at radius 3 is 2.65 bits per heavy atom. The number of hydrogen-bond donors (Lipinski definition) is 1. The molecular formula is C17H20O3. The van der Waals surface area contributed by atoms with Crippen LogP contribution in [-0.4, -0.2) is 18.2 Å². The highest BCUT2D eigenvalue weighted by molar-refractivity contribution is 5.98. The van der Waals surface area contributed by atoms with Gasteiger partial charge in [0.2, 0.25) is 0 Å². The Kier molecular flexibility index (Phi) is 3.51. The zero-order valence-electron chi connectivity index (χ0n) is 11.8. The number of aliphatic carboxylic acids is 1. The van der Waals surface area contributed by atoms with E-state index < -0.39 is 5.97 Å². The first kappa shape index (κ1) is 13.2. The highest BCUT2D eigenvalue weighted by atomic mass is 16.5. The summed E-state index contributed by atoms with van der Waals surface area (Å²) in [6.45, 7) is 0. The van der Waals surface area contributed by atoms with Gasteiger partial charge in [0.15, 0.2) is 0 Å². The number of benzene rings is 1. The van der Waals surface area contributed by atoms with E-state index in [2.05, 4.69) is 6.07 Å². The molecule has 0 unspecified atom stereocenters. The highest BCUT2D eigenvalue weighted by Crippen LogP contribution is 2.45. The summed E-state index contributed by atoms with van der Waals surface area (Å²) in [6.07, 6.45) is 6.03. The van der Waals surface area contributed by atoms with Crippen molar-refractivity contribution in [3.8, 4) is 5.75 Å². The fourth-order valence-electron chi connectivity index (χ4n) is 3.72. The number of allylic oxidation sites excluding steroid dienone is 1. The Bertz CT molecular complexity index is 566. The quantitative estimate of drug-likeness (QED) is 0.913. The first-order chi connectivity index (χ1) is 9.72. The van der Waals surface area contributed by atoms with Crippen LogP contribution < -0.4 is 4.74 Å². The molecule has 0 bridgehead atoms. The van der Waals surface area contributed by atoms with Crippen molar-refractivity contribution >= 4 is 11.5 Å². The van der Waals surface area contributed by atoms with Gasteiger partial charge in [-0.2, -0.15) is 0 Å². The third kappa shape index (κ3) is 2.11. The number of methoxy groups -OCH3 is 1. The van der Waals surface area contributed by atoms with E-state index >= 15 is 0 Å². The molecular weight excluding hydrogens is 252 g/mol. The highest BCUT2D eigenvalue weighted by Gasteiger charge is 2.31. The molecule has 106 valence electrons. The average molecular weight is 272 g/mol. The van der Waals surface area contributed by atoms with Crippen LogP contribution in [0.3, 0.4) is 0 Å². The van der Waals surface area contributed by atoms with Gasteiger partial charge in [0.25, 0.3) is 0 Å². The lowest BCUT2D eigenvalue weighted by molar-refractivity contribution is -0.132. The maximum Gasteiger partial charge on any atom is 0.331 e. The molecule has 3 rings (SSSR count). The van der Waals surface area contributed by atoms with Crippen molar-refractivity contribution in [2.24, 2.45) is 5.92 Å². The van der Waals surface area contributed by atoms with Crippen molar-refractivity contribution in [1.82, 2.24) is 0 Å². The molecule has 0 aliphatic heterocycles. The second kappa shape index (κ2) is 5.31. The van der Waals surface area contributed by atoms with Gasteiger partial charge >= 0.3 is 5.97 Å². The van der Waals surface area contributed by atoms with Crippen LogP contribution >= 0.6 is 0 Å². The Balaban J connectivity index is 2.16. The molecule has 0 spiro atoms. The van der Waals surface area contributed by atoms with Crippen molar-refractivity contribution in [2.75, 3.05) is 7.11 Å². The summed E-state index contributed by atoms with van der Waals surface area (Å²) < 4.78 is 5.45. The number of carbonyl (C=O) groups is 1. The minimum absolute atomic E-state index is 0.409. The van der Waals surface area contributed by atoms with Crippen LogP contribution in [0.5, 0.6) is 5.75 Å². The molecule has 1 saturated carbocycles. The summed E-state index contributed by atoms with van der Waals surface area (Å²) in [5.74, 6) is 0.551. The summed E-state index contributed by atoms with van der Waals surface area (Å²) in [7, 11) is 1.68. The number of rotatable bonds is 3. The van der Waals surface area contributed by atoms with Crippen molar-refractivity contribution in [2.45, 2.75) is 38.5 Å². The van der Waals surface area contributed by atoms with Crippen molar-refractivity contribution in [3.05, 3.63) is 34.9 Å². The van der Waals surface area contributed by atoms with Crippen molar-refractivity contribution < 1.29 is 14.6 Å². The fourth-order valence-corrected chi connectivity index (χ4v) is 3.72. The van der Waals surface area contributed by atoms with E-state index in [0.717, 1.165) is 36.1 Å². The van der Waals surface area contributed by atoms with E-state index in [4.69, 9.17) is 4.74 Å². The monoisotopic (exact) mass is 272 g/mol. The number of carboxylic acids is 1. The predicted octanol–water partition coefficient (Wildman–Crippen LogP) is 3.67. The third-order valence-corrected chi connectivity index (χ3v) is 4.61. The van der Waals surface area contributed by atoms with Gasteiger partial charge in [0, 0.05) is 11.1 Å². The van der Waals surface area contributed by atoms with Gasteiger partial charge in [0.1, 0.15) is 5.75 Å². The van der Waals surface area contributed by atoms with Crippen LogP contribution in [0.15, 0.2) is 23.8 Å². The molecule has 0 heterocycles. The second-order valence-corrected chi connectivity index (χ2v) is 5.67. The van der Waals surface area contributed by atoms with E-state index in [-0.39, 0.29) is 0 Å². The maximum atomic E-state index is 11.6. The molecule has 2 aliphatic carbocycles. The number of fused-ring (bicyclic) bond motifs is 1. The molecule has 3 nitrogen and oxygen atoms in total. The standard InChI is InChI=1S/C17H20O3/c1-20-15-8-4-7-13-12(15)9-10-14(17(18)19)16(13)11-5-2-3-6-11/h4,7-8,11H,2-3,5-6,9-10H2,1H3,(H,18,19). The topological polar surface area (TPSA) is 46.5 Å². The lowest BCUT2D eigenvalue weighted by Gasteiger charge is -2.27. The summed E-state index contributed by atoms with van der Waals surface area (Å²) >= 11 is 0. The van der Waals surface area contributed by atoms with Crippen LogP contribution in [-0.2, 0) is 11.2 Å². The van der Waals surface area contributed by atoms with Crippen LogP contribution in [0.25, 0.3) is 5.57 Å². The largest absolute Gasteiger partial charge is 0.496 e. The summed E-state index contributed by atoms with van der Waals surface area (Å²) in [5, 5.41) is 9.53. The SMILES string of the molecule is COc1cccc2c1CCC(C(=O)O)=C2C1CCCC1. The average Bonchev–Trinajstić information content (AvgIpc) is 2.98. The Hall–Kier alpha value is -1.77. The molecule has 20 heavy (non-hydrogen) atoms. The van der Waals surface area contributed by atoms with Gasteiger partial charge in [-0.3, -0.25) is 0 Å². The minimum atomic E-state index is -0.750. The maximum absolute atomic E-state index is 11.6. The predicted molar refractivity (Wildman–Crippen MR) is 77.8 cm³/mol. The zero-order chi connectivity index (χ0) is 14.1. The molecule has 0 saturated heterocycles. The Morgan fingerprint density at radius 2 is 2.00 bits per heavy atom. The van der Waals surface area contributed by atoms with Gasteiger partial charge in [-0.25, -0.2) is 4.79 Å². The van der Waals surface area contributed by atoms with Crippen molar-refractivity contribution in [3.63, 3.8) is 0 Å². The lowest BCUT2D eigenvalue weighted by Crippen LogP contribution is -2.16. The molecule has 0 radical (unpaired) electrons. The number of carboxylic acid groups (broad SMARTS) is 1. The zero-order valence-corrected chi connectivity index (χ0v) is 11.8. The van der Waals surface area contributed by atoms with Crippen LogP contribution in [0.1, 0.15) is 43.2 Å². The summed E-state index contributed by atoms with van der Waals surface area (Å²) in [4.78, 5) is 11.6. The fraction of sp³-hybridized carbons (Fsp3) is 0.471. The first-order valence-corrected chi connectivity index (χ1v) is 7.35. The molecule has 1 fully saturated rings. The molecule has 0 aromatic heterocycles. The van der Waals surface area contributed by atoms with E-state index in [1.54, 1.807) is 7.11 Å². The first-order valence-electron chi connectivity index (χ1n) is 7.35. The molecule has 1 aromatic rings. The second-order valence-electron chi connectivity index (χ2n) is 5.67. The van der Waals surface area contributed by atoms with Crippen LogP contribution in [0.2, 0.25) is 0 Å². The minimum Gasteiger partial charge on any atom is -0.496 e. The summed E-state index contributed by atoms with van der Waals surface area (Å²) in [5.41, 5.74) is 4.00. The molecule has 1 aromatic carbocycles.